The summed E-state index contributed by atoms with van der Waals surface area (Å²) >= 11 is 11.5. The topological polar surface area (TPSA) is 84.5 Å². The molecule has 0 unspecified atom stereocenters. The zero-order valence-electron chi connectivity index (χ0n) is 10.5. The summed E-state index contributed by atoms with van der Waals surface area (Å²) in [6.45, 7) is -0.685. The van der Waals surface area contributed by atoms with E-state index in [1.54, 1.807) is 0 Å². The van der Waals surface area contributed by atoms with Crippen LogP contribution in [0.15, 0.2) is 18.2 Å². The Morgan fingerprint density at radius 3 is 2.25 bits per heavy atom. The lowest BCUT2D eigenvalue weighted by atomic mass is 10.2. The molecule has 0 heterocycles. The van der Waals surface area contributed by atoms with Gasteiger partial charge in [-0.2, -0.15) is 0 Å². The number of carbonyl (C=O) groups is 3. The Morgan fingerprint density at radius 1 is 1.10 bits per heavy atom. The minimum absolute atomic E-state index is 0.140. The molecule has 0 spiro atoms. The Bertz CT molecular complexity index is 514. The molecule has 20 heavy (non-hydrogen) atoms. The van der Waals surface area contributed by atoms with Gasteiger partial charge in [0.2, 0.25) is 5.91 Å². The smallest absolute Gasteiger partial charge is 0.338 e. The number of hydrogen-bond donors (Lipinski definition) is 2. The van der Waals surface area contributed by atoms with Crippen LogP contribution in [0, 0.1) is 0 Å². The number of benzene rings is 1. The average Bonchev–Trinajstić information content (AvgIpc) is 2.40. The van der Waals surface area contributed by atoms with Crippen molar-refractivity contribution in [1.82, 2.24) is 10.6 Å². The first-order valence-corrected chi connectivity index (χ1v) is 6.28. The van der Waals surface area contributed by atoms with Crippen molar-refractivity contribution < 1.29 is 19.1 Å². The highest BCUT2D eigenvalue weighted by Gasteiger charge is 2.12. The van der Waals surface area contributed by atoms with E-state index in [1.165, 1.54) is 25.2 Å². The summed E-state index contributed by atoms with van der Waals surface area (Å²) in [5, 5.41) is 5.19. The molecule has 0 radical (unpaired) electrons. The predicted octanol–water partition coefficient (Wildman–Crippen LogP) is 1.01. The van der Waals surface area contributed by atoms with E-state index in [0.717, 1.165) is 0 Å². The SMILES string of the molecule is CNC(=O)CNC(=O)COC(=O)c1cc(Cl)cc(Cl)c1. The van der Waals surface area contributed by atoms with E-state index >= 15 is 0 Å². The van der Waals surface area contributed by atoms with Gasteiger partial charge in [0.15, 0.2) is 6.61 Å². The maximum Gasteiger partial charge on any atom is 0.338 e. The highest BCUT2D eigenvalue weighted by molar-refractivity contribution is 6.35. The minimum Gasteiger partial charge on any atom is -0.452 e. The third-order valence-corrected chi connectivity index (χ3v) is 2.59. The van der Waals surface area contributed by atoms with Crippen molar-refractivity contribution in [2.75, 3.05) is 20.2 Å². The number of halogens is 2. The summed E-state index contributed by atoms with van der Waals surface area (Å²) in [4.78, 5) is 33.8. The Hall–Kier alpha value is -1.79. The van der Waals surface area contributed by atoms with Gasteiger partial charge >= 0.3 is 5.97 Å². The van der Waals surface area contributed by atoms with E-state index in [9.17, 15) is 14.4 Å². The molecule has 0 aromatic heterocycles. The van der Waals surface area contributed by atoms with Crippen LogP contribution in [-0.2, 0) is 14.3 Å². The van der Waals surface area contributed by atoms with Gasteiger partial charge in [0, 0.05) is 17.1 Å². The van der Waals surface area contributed by atoms with Crippen LogP contribution in [0.1, 0.15) is 10.4 Å². The Balaban J connectivity index is 2.46. The first-order valence-electron chi connectivity index (χ1n) is 5.53. The second-order valence-electron chi connectivity index (χ2n) is 3.68. The van der Waals surface area contributed by atoms with E-state index < -0.39 is 18.5 Å². The monoisotopic (exact) mass is 318 g/mol. The van der Waals surface area contributed by atoms with Crippen LogP contribution in [0.2, 0.25) is 10.0 Å². The molecule has 108 valence electrons. The normalized spacial score (nSPS) is 9.75. The van der Waals surface area contributed by atoms with Crippen LogP contribution in [0.5, 0.6) is 0 Å². The second kappa shape index (κ2) is 7.72. The van der Waals surface area contributed by atoms with Crippen LogP contribution in [0.25, 0.3) is 0 Å². The van der Waals surface area contributed by atoms with Gasteiger partial charge in [-0.3, -0.25) is 9.59 Å². The van der Waals surface area contributed by atoms with Gasteiger partial charge in [-0.15, -0.1) is 0 Å². The fraction of sp³-hybridized carbons (Fsp3) is 0.250. The molecule has 1 aromatic carbocycles. The Morgan fingerprint density at radius 2 is 1.70 bits per heavy atom. The molecule has 0 saturated carbocycles. The molecule has 0 bridgehead atoms. The van der Waals surface area contributed by atoms with Crippen molar-refractivity contribution in [1.29, 1.82) is 0 Å². The first-order chi connectivity index (χ1) is 9.42. The van der Waals surface area contributed by atoms with Gasteiger partial charge in [0.25, 0.3) is 5.91 Å². The highest BCUT2D eigenvalue weighted by atomic mass is 35.5. The third-order valence-electron chi connectivity index (χ3n) is 2.16. The number of amides is 2. The predicted molar refractivity (Wildman–Crippen MR) is 73.8 cm³/mol. The molecule has 1 aromatic rings. The molecular formula is C12H12Cl2N2O4. The molecule has 8 heteroatoms. The fourth-order valence-corrected chi connectivity index (χ4v) is 1.73. The Labute approximate surface area is 125 Å². The molecule has 0 aliphatic rings. The largest absolute Gasteiger partial charge is 0.452 e. The lowest BCUT2D eigenvalue weighted by molar-refractivity contribution is -0.127. The summed E-state index contributed by atoms with van der Waals surface area (Å²) < 4.78 is 4.77. The van der Waals surface area contributed by atoms with Gasteiger partial charge in [-0.05, 0) is 18.2 Å². The molecule has 0 saturated heterocycles. The molecule has 0 aliphatic carbocycles. The summed E-state index contributed by atoms with van der Waals surface area (Å²) in [6, 6.07) is 4.21. The van der Waals surface area contributed by atoms with Crippen LogP contribution >= 0.6 is 23.2 Å². The first kappa shape index (κ1) is 16.3. The molecule has 0 atom stereocenters. The van der Waals surface area contributed by atoms with Crippen LogP contribution in [-0.4, -0.2) is 38.0 Å². The van der Waals surface area contributed by atoms with E-state index in [-0.39, 0.29) is 28.1 Å². The number of rotatable bonds is 5. The van der Waals surface area contributed by atoms with Crippen molar-refractivity contribution in [2.45, 2.75) is 0 Å². The third kappa shape index (κ3) is 5.46. The molecule has 0 aliphatic heterocycles. The number of hydrogen-bond acceptors (Lipinski definition) is 4. The van der Waals surface area contributed by atoms with E-state index in [0.29, 0.717) is 0 Å². The quantitative estimate of drug-likeness (QED) is 0.794. The minimum atomic E-state index is -0.732. The average molecular weight is 319 g/mol. The fourth-order valence-electron chi connectivity index (χ4n) is 1.20. The number of likely N-dealkylation sites (N-methyl/N-ethyl adjacent to an activating group) is 1. The number of esters is 1. The van der Waals surface area contributed by atoms with Crippen molar-refractivity contribution in [3.63, 3.8) is 0 Å². The molecule has 0 fully saturated rings. The van der Waals surface area contributed by atoms with Crippen LogP contribution in [0.3, 0.4) is 0 Å². The summed E-state index contributed by atoms with van der Waals surface area (Å²) in [7, 11) is 1.44. The Kier molecular flexibility index (Phi) is 6.27. The summed E-state index contributed by atoms with van der Waals surface area (Å²) in [5.41, 5.74) is 0.140. The molecule has 1 rings (SSSR count). The van der Waals surface area contributed by atoms with Gasteiger partial charge in [-0.25, -0.2) is 4.79 Å². The lowest BCUT2D eigenvalue weighted by Gasteiger charge is -2.06. The van der Waals surface area contributed by atoms with E-state index in [2.05, 4.69) is 10.6 Å². The van der Waals surface area contributed by atoms with Crippen molar-refractivity contribution in [3.8, 4) is 0 Å². The van der Waals surface area contributed by atoms with Gasteiger partial charge in [-0.1, -0.05) is 23.2 Å². The van der Waals surface area contributed by atoms with Crippen molar-refractivity contribution in [3.05, 3.63) is 33.8 Å². The number of carbonyl (C=O) groups excluding carboxylic acids is 3. The van der Waals surface area contributed by atoms with Crippen LogP contribution in [0.4, 0.5) is 0 Å². The molecule has 2 N–H and O–H groups in total. The van der Waals surface area contributed by atoms with E-state index in [4.69, 9.17) is 27.9 Å². The maximum absolute atomic E-state index is 11.6. The summed E-state index contributed by atoms with van der Waals surface area (Å²) in [6.07, 6.45) is 0. The lowest BCUT2D eigenvalue weighted by Crippen LogP contribution is -2.37. The standard InChI is InChI=1S/C12H12Cl2N2O4/c1-15-10(17)5-16-11(18)6-20-12(19)7-2-8(13)4-9(14)3-7/h2-4H,5-6H2,1H3,(H,15,17)(H,16,18). The maximum atomic E-state index is 11.6. The van der Waals surface area contributed by atoms with Crippen molar-refractivity contribution in [2.24, 2.45) is 0 Å². The number of nitrogens with one attached hydrogen (secondary N) is 2. The zero-order chi connectivity index (χ0) is 15.1. The highest BCUT2D eigenvalue weighted by Crippen LogP contribution is 2.19. The van der Waals surface area contributed by atoms with Gasteiger partial charge in [0.1, 0.15) is 0 Å². The molecule has 6 nitrogen and oxygen atoms in total. The zero-order valence-corrected chi connectivity index (χ0v) is 12.0. The van der Waals surface area contributed by atoms with Crippen LogP contribution < -0.4 is 10.6 Å². The number of ether oxygens (including phenoxy) is 1. The molecule has 2 amide bonds. The van der Waals surface area contributed by atoms with E-state index in [1.807, 2.05) is 0 Å². The molecular weight excluding hydrogens is 307 g/mol. The van der Waals surface area contributed by atoms with Gasteiger partial charge in [0.05, 0.1) is 12.1 Å². The van der Waals surface area contributed by atoms with Gasteiger partial charge < -0.3 is 15.4 Å². The second-order valence-corrected chi connectivity index (χ2v) is 4.56. The summed E-state index contributed by atoms with van der Waals surface area (Å²) in [5.74, 6) is -1.68. The van der Waals surface area contributed by atoms with Crippen molar-refractivity contribution >= 4 is 41.0 Å².